The van der Waals surface area contributed by atoms with Crippen molar-refractivity contribution < 1.29 is 14.3 Å². The number of benzene rings is 1. The number of hydrogen-bond acceptors (Lipinski definition) is 3. The minimum absolute atomic E-state index is 0.252. The predicted molar refractivity (Wildman–Crippen MR) is 76.4 cm³/mol. The fourth-order valence-electron chi connectivity index (χ4n) is 2.38. The van der Waals surface area contributed by atoms with Crippen LogP contribution < -0.4 is 5.32 Å². The molecule has 2 rings (SSSR count). The van der Waals surface area contributed by atoms with Crippen molar-refractivity contribution in [1.29, 1.82) is 0 Å². The van der Waals surface area contributed by atoms with Gasteiger partial charge >= 0.3 is 5.97 Å². The second kappa shape index (κ2) is 5.77. The molecule has 0 aliphatic carbocycles. The molecule has 5 nitrogen and oxygen atoms in total. The van der Waals surface area contributed by atoms with Gasteiger partial charge in [0.05, 0.1) is 7.11 Å². The van der Waals surface area contributed by atoms with Gasteiger partial charge in [-0.3, -0.25) is 4.79 Å². The summed E-state index contributed by atoms with van der Waals surface area (Å²) in [6, 6.07) is 7.21. The van der Waals surface area contributed by atoms with Gasteiger partial charge in [-0.1, -0.05) is 18.2 Å². The van der Waals surface area contributed by atoms with E-state index >= 15 is 0 Å². The standard InChI is InChI=1S/C15H18N2O3/c1-9-12(11-6-4-5-7-13(11)16-9)8-14(15(19)20-3)17-10(2)18/h4-7,14,16H,8H2,1-3H3,(H,17,18). The molecule has 2 N–H and O–H groups in total. The Labute approximate surface area is 117 Å². The molecule has 1 atom stereocenters. The molecule has 1 aromatic carbocycles. The molecule has 0 aliphatic rings. The van der Waals surface area contributed by atoms with Gasteiger partial charge in [-0.15, -0.1) is 0 Å². The molecule has 5 heteroatoms. The molecule has 1 heterocycles. The molecule has 1 amide bonds. The molecule has 0 fully saturated rings. The smallest absolute Gasteiger partial charge is 0.328 e. The first kappa shape index (κ1) is 14.1. The van der Waals surface area contributed by atoms with Crippen LogP contribution in [0.1, 0.15) is 18.2 Å². The number of aromatic nitrogens is 1. The Morgan fingerprint density at radius 3 is 2.70 bits per heavy atom. The highest BCUT2D eigenvalue weighted by atomic mass is 16.5. The minimum atomic E-state index is -0.671. The van der Waals surface area contributed by atoms with Gasteiger partial charge in [0.25, 0.3) is 0 Å². The Morgan fingerprint density at radius 1 is 1.35 bits per heavy atom. The Balaban J connectivity index is 2.35. The molecule has 20 heavy (non-hydrogen) atoms. The zero-order valence-corrected chi connectivity index (χ0v) is 11.8. The number of H-pyrrole nitrogens is 1. The highest BCUT2D eigenvalue weighted by Crippen LogP contribution is 2.23. The second-order valence-corrected chi connectivity index (χ2v) is 4.75. The summed E-state index contributed by atoms with van der Waals surface area (Å²) in [5, 5.41) is 3.69. The number of para-hydroxylation sites is 1. The van der Waals surface area contributed by atoms with Crippen molar-refractivity contribution >= 4 is 22.8 Å². The summed E-state index contributed by atoms with van der Waals surface area (Å²) in [6.07, 6.45) is 0.405. The van der Waals surface area contributed by atoms with E-state index in [1.54, 1.807) is 0 Å². The molecule has 106 valence electrons. The van der Waals surface area contributed by atoms with Gasteiger partial charge in [-0.2, -0.15) is 0 Å². The predicted octanol–water partition coefficient (Wildman–Crippen LogP) is 1.70. The van der Waals surface area contributed by atoms with Crippen LogP contribution in [0, 0.1) is 6.92 Å². The van der Waals surface area contributed by atoms with E-state index in [1.807, 2.05) is 31.2 Å². The molecule has 0 saturated heterocycles. The zero-order valence-electron chi connectivity index (χ0n) is 11.8. The molecule has 0 bridgehead atoms. The third-order valence-corrected chi connectivity index (χ3v) is 3.30. The maximum atomic E-state index is 11.8. The highest BCUT2D eigenvalue weighted by molar-refractivity contribution is 5.87. The Morgan fingerprint density at radius 2 is 2.05 bits per heavy atom. The first-order chi connectivity index (χ1) is 9.52. The average Bonchev–Trinajstić information content (AvgIpc) is 2.73. The Kier molecular flexibility index (Phi) is 4.08. The van der Waals surface area contributed by atoms with Gasteiger partial charge in [-0.25, -0.2) is 4.79 Å². The van der Waals surface area contributed by atoms with Crippen molar-refractivity contribution in [3.63, 3.8) is 0 Å². The molecular formula is C15H18N2O3. The number of hydrogen-bond donors (Lipinski definition) is 2. The second-order valence-electron chi connectivity index (χ2n) is 4.75. The van der Waals surface area contributed by atoms with Crippen LogP contribution >= 0.6 is 0 Å². The van der Waals surface area contributed by atoms with E-state index in [0.717, 1.165) is 22.2 Å². The quantitative estimate of drug-likeness (QED) is 0.834. The van der Waals surface area contributed by atoms with Gasteiger partial charge in [0.2, 0.25) is 5.91 Å². The molecule has 0 saturated carbocycles. The summed E-state index contributed by atoms with van der Waals surface area (Å²) >= 11 is 0. The number of fused-ring (bicyclic) bond motifs is 1. The third kappa shape index (κ3) is 2.82. The minimum Gasteiger partial charge on any atom is -0.467 e. The number of methoxy groups -OCH3 is 1. The van der Waals surface area contributed by atoms with Crippen LogP contribution in [0.2, 0.25) is 0 Å². The van der Waals surface area contributed by atoms with Crippen molar-refractivity contribution in [1.82, 2.24) is 10.3 Å². The lowest BCUT2D eigenvalue weighted by Crippen LogP contribution is -2.42. The highest BCUT2D eigenvalue weighted by Gasteiger charge is 2.23. The lowest BCUT2D eigenvalue weighted by Gasteiger charge is -2.15. The number of aryl methyl sites for hydroxylation is 1. The molecular weight excluding hydrogens is 256 g/mol. The number of carbonyl (C=O) groups excluding carboxylic acids is 2. The SMILES string of the molecule is COC(=O)C(Cc1c(C)[nH]c2ccccc12)NC(C)=O. The van der Waals surface area contributed by atoms with Crippen molar-refractivity contribution in [3.05, 3.63) is 35.5 Å². The third-order valence-electron chi connectivity index (χ3n) is 3.30. The summed E-state index contributed by atoms with van der Waals surface area (Å²) in [7, 11) is 1.32. The first-order valence-electron chi connectivity index (χ1n) is 6.44. The summed E-state index contributed by atoms with van der Waals surface area (Å²) in [5.41, 5.74) is 3.03. The average molecular weight is 274 g/mol. The van der Waals surface area contributed by atoms with Gasteiger partial charge < -0.3 is 15.0 Å². The number of amides is 1. The van der Waals surface area contributed by atoms with Gasteiger partial charge in [0, 0.05) is 29.9 Å². The van der Waals surface area contributed by atoms with Gasteiger partial charge in [0.15, 0.2) is 0 Å². The van der Waals surface area contributed by atoms with Crippen LogP contribution in [0.4, 0.5) is 0 Å². The van der Waals surface area contributed by atoms with Crippen LogP contribution in [-0.4, -0.2) is 30.0 Å². The molecule has 0 aliphatic heterocycles. The van der Waals surface area contributed by atoms with Crippen LogP contribution in [0.15, 0.2) is 24.3 Å². The fraction of sp³-hybridized carbons (Fsp3) is 0.333. The van der Waals surface area contributed by atoms with Crippen LogP contribution in [0.5, 0.6) is 0 Å². The topological polar surface area (TPSA) is 71.2 Å². The maximum Gasteiger partial charge on any atom is 0.328 e. The summed E-state index contributed by atoms with van der Waals surface area (Å²) in [5.74, 6) is -0.692. The van der Waals surface area contributed by atoms with E-state index < -0.39 is 12.0 Å². The molecule has 1 unspecified atom stereocenters. The molecule has 2 aromatic rings. The van der Waals surface area contributed by atoms with E-state index in [4.69, 9.17) is 4.74 Å². The van der Waals surface area contributed by atoms with Crippen molar-refractivity contribution in [3.8, 4) is 0 Å². The van der Waals surface area contributed by atoms with Crippen molar-refractivity contribution in [2.75, 3.05) is 7.11 Å². The summed E-state index contributed by atoms with van der Waals surface area (Å²) in [4.78, 5) is 26.3. The van der Waals surface area contributed by atoms with E-state index in [0.29, 0.717) is 6.42 Å². The largest absolute Gasteiger partial charge is 0.467 e. The van der Waals surface area contributed by atoms with E-state index in [9.17, 15) is 9.59 Å². The zero-order chi connectivity index (χ0) is 14.7. The number of nitrogens with one attached hydrogen (secondary N) is 2. The first-order valence-corrected chi connectivity index (χ1v) is 6.44. The Hall–Kier alpha value is -2.30. The number of ether oxygens (including phenoxy) is 1. The lowest BCUT2D eigenvalue weighted by atomic mass is 10.0. The van der Waals surface area contributed by atoms with Crippen molar-refractivity contribution in [2.45, 2.75) is 26.3 Å². The number of esters is 1. The molecule has 0 radical (unpaired) electrons. The number of aromatic amines is 1. The van der Waals surface area contributed by atoms with E-state index in [1.165, 1.54) is 14.0 Å². The summed E-state index contributed by atoms with van der Waals surface area (Å²) in [6.45, 7) is 3.34. The lowest BCUT2D eigenvalue weighted by molar-refractivity contribution is -0.144. The van der Waals surface area contributed by atoms with Crippen molar-refractivity contribution in [2.24, 2.45) is 0 Å². The maximum absolute atomic E-state index is 11.8. The summed E-state index contributed by atoms with van der Waals surface area (Å²) < 4.78 is 4.75. The normalized spacial score (nSPS) is 12.2. The number of rotatable bonds is 4. The molecule has 1 aromatic heterocycles. The monoisotopic (exact) mass is 274 g/mol. The van der Waals surface area contributed by atoms with E-state index in [-0.39, 0.29) is 5.91 Å². The van der Waals surface area contributed by atoms with Gasteiger partial charge in [0.1, 0.15) is 6.04 Å². The van der Waals surface area contributed by atoms with Crippen LogP contribution in [0.25, 0.3) is 10.9 Å². The number of carbonyl (C=O) groups is 2. The van der Waals surface area contributed by atoms with Crippen LogP contribution in [-0.2, 0) is 20.7 Å². The van der Waals surface area contributed by atoms with Crippen LogP contribution in [0.3, 0.4) is 0 Å². The fourth-order valence-corrected chi connectivity index (χ4v) is 2.38. The Bertz CT molecular complexity index is 646. The molecule has 0 spiro atoms. The van der Waals surface area contributed by atoms with Gasteiger partial charge in [-0.05, 0) is 18.6 Å². The van der Waals surface area contributed by atoms with E-state index in [2.05, 4.69) is 10.3 Å².